The summed E-state index contributed by atoms with van der Waals surface area (Å²) in [5, 5.41) is 3.61. The van der Waals surface area contributed by atoms with Crippen molar-refractivity contribution in [1.82, 2.24) is 5.43 Å². The Kier molecular flexibility index (Phi) is 3.46. The first-order valence-electron chi connectivity index (χ1n) is 4.76. The standard InChI is InChI=1S/C11H9F3N2S/c12-8-3-7(4-9(13)10(8)14)11(16-15)6-1-2-17-5-6/h1-5,11,16H,15H2. The first-order valence-corrected chi connectivity index (χ1v) is 5.70. The van der Waals surface area contributed by atoms with Crippen LogP contribution in [0, 0.1) is 17.5 Å². The summed E-state index contributed by atoms with van der Waals surface area (Å²) in [7, 11) is 0. The van der Waals surface area contributed by atoms with Crippen LogP contribution >= 0.6 is 11.3 Å². The van der Waals surface area contributed by atoms with Crippen molar-refractivity contribution in [3.05, 3.63) is 57.5 Å². The Labute approximate surface area is 99.9 Å². The van der Waals surface area contributed by atoms with Crippen LogP contribution in [0.4, 0.5) is 13.2 Å². The largest absolute Gasteiger partial charge is 0.271 e. The molecular weight excluding hydrogens is 249 g/mol. The molecule has 0 aliphatic heterocycles. The Morgan fingerprint density at radius 2 is 1.76 bits per heavy atom. The van der Waals surface area contributed by atoms with Gasteiger partial charge in [-0.25, -0.2) is 18.6 Å². The second-order valence-electron chi connectivity index (χ2n) is 3.45. The van der Waals surface area contributed by atoms with Crippen LogP contribution < -0.4 is 11.3 Å². The summed E-state index contributed by atoms with van der Waals surface area (Å²) >= 11 is 1.43. The molecule has 0 aliphatic rings. The van der Waals surface area contributed by atoms with Gasteiger partial charge in [0.2, 0.25) is 0 Å². The van der Waals surface area contributed by atoms with Crippen molar-refractivity contribution in [3.8, 4) is 0 Å². The first kappa shape index (κ1) is 12.1. The van der Waals surface area contributed by atoms with Crippen molar-refractivity contribution >= 4 is 11.3 Å². The molecule has 1 aromatic heterocycles. The third-order valence-electron chi connectivity index (χ3n) is 2.38. The molecule has 17 heavy (non-hydrogen) atoms. The maximum atomic E-state index is 13.1. The minimum atomic E-state index is -1.48. The molecule has 0 saturated carbocycles. The normalized spacial score (nSPS) is 12.7. The molecule has 2 aromatic rings. The maximum absolute atomic E-state index is 13.1. The van der Waals surface area contributed by atoms with Crippen molar-refractivity contribution in [1.29, 1.82) is 0 Å². The van der Waals surface area contributed by atoms with Crippen LogP contribution in [-0.2, 0) is 0 Å². The zero-order chi connectivity index (χ0) is 12.4. The predicted octanol–water partition coefficient (Wildman–Crippen LogP) is 2.72. The molecule has 6 heteroatoms. The van der Waals surface area contributed by atoms with Gasteiger partial charge in [-0.3, -0.25) is 5.84 Å². The van der Waals surface area contributed by atoms with E-state index in [0.717, 1.165) is 17.7 Å². The van der Waals surface area contributed by atoms with E-state index in [1.807, 2.05) is 5.38 Å². The van der Waals surface area contributed by atoms with Gasteiger partial charge in [-0.1, -0.05) is 0 Å². The summed E-state index contributed by atoms with van der Waals surface area (Å²) < 4.78 is 39.0. The van der Waals surface area contributed by atoms with Crippen molar-refractivity contribution in [3.63, 3.8) is 0 Å². The average molecular weight is 258 g/mol. The van der Waals surface area contributed by atoms with Gasteiger partial charge in [0, 0.05) is 0 Å². The molecule has 2 rings (SSSR count). The molecule has 0 saturated heterocycles. The van der Waals surface area contributed by atoms with E-state index in [4.69, 9.17) is 5.84 Å². The number of nitrogens with two attached hydrogens (primary N) is 1. The third-order valence-corrected chi connectivity index (χ3v) is 3.08. The highest BCUT2D eigenvalue weighted by Crippen LogP contribution is 2.25. The van der Waals surface area contributed by atoms with Crippen molar-refractivity contribution < 1.29 is 13.2 Å². The topological polar surface area (TPSA) is 38.0 Å². The molecule has 2 nitrogen and oxygen atoms in total. The van der Waals surface area contributed by atoms with E-state index in [0.29, 0.717) is 0 Å². The lowest BCUT2D eigenvalue weighted by molar-refractivity contribution is 0.442. The van der Waals surface area contributed by atoms with E-state index in [1.54, 1.807) is 11.4 Å². The lowest BCUT2D eigenvalue weighted by atomic mass is 10.0. The quantitative estimate of drug-likeness (QED) is 0.504. The Balaban J connectivity index is 2.45. The minimum Gasteiger partial charge on any atom is -0.271 e. The molecule has 0 amide bonds. The number of hydrazine groups is 1. The summed E-state index contributed by atoms with van der Waals surface area (Å²) in [5.41, 5.74) is 3.45. The highest BCUT2D eigenvalue weighted by Gasteiger charge is 2.18. The van der Waals surface area contributed by atoms with Crippen molar-refractivity contribution in [2.24, 2.45) is 5.84 Å². The van der Waals surface area contributed by atoms with Crippen LogP contribution in [0.25, 0.3) is 0 Å². The molecule has 1 unspecified atom stereocenters. The number of halogens is 3. The molecule has 0 radical (unpaired) electrons. The van der Waals surface area contributed by atoms with Gasteiger partial charge in [0.25, 0.3) is 0 Å². The molecule has 1 aromatic carbocycles. The van der Waals surface area contributed by atoms with E-state index in [2.05, 4.69) is 5.43 Å². The van der Waals surface area contributed by atoms with Gasteiger partial charge >= 0.3 is 0 Å². The van der Waals surface area contributed by atoms with Gasteiger partial charge < -0.3 is 0 Å². The molecule has 3 N–H and O–H groups in total. The molecule has 0 spiro atoms. The summed E-state index contributed by atoms with van der Waals surface area (Å²) in [6.07, 6.45) is 0. The van der Waals surface area contributed by atoms with Crippen LogP contribution in [0.5, 0.6) is 0 Å². The molecule has 0 bridgehead atoms. The molecular formula is C11H9F3N2S. The van der Waals surface area contributed by atoms with Gasteiger partial charge in [-0.15, -0.1) is 0 Å². The summed E-state index contributed by atoms with van der Waals surface area (Å²) in [4.78, 5) is 0. The minimum absolute atomic E-state index is 0.238. The summed E-state index contributed by atoms with van der Waals surface area (Å²) in [6, 6.07) is 3.07. The fraction of sp³-hybridized carbons (Fsp3) is 0.0909. The summed E-state index contributed by atoms with van der Waals surface area (Å²) in [5.74, 6) is 1.42. The summed E-state index contributed by atoms with van der Waals surface area (Å²) in [6.45, 7) is 0. The number of benzene rings is 1. The number of hydrogen-bond acceptors (Lipinski definition) is 3. The number of nitrogens with one attached hydrogen (secondary N) is 1. The Bertz CT molecular complexity index is 490. The number of rotatable bonds is 3. The molecule has 0 fully saturated rings. The van der Waals surface area contributed by atoms with Crippen LogP contribution in [-0.4, -0.2) is 0 Å². The Morgan fingerprint density at radius 1 is 1.12 bits per heavy atom. The Morgan fingerprint density at radius 3 is 2.24 bits per heavy atom. The van der Waals surface area contributed by atoms with Crippen LogP contribution in [0.3, 0.4) is 0 Å². The van der Waals surface area contributed by atoms with Gasteiger partial charge in [0.05, 0.1) is 6.04 Å². The van der Waals surface area contributed by atoms with Crippen LogP contribution in [0.15, 0.2) is 29.0 Å². The van der Waals surface area contributed by atoms with Crippen molar-refractivity contribution in [2.45, 2.75) is 6.04 Å². The molecule has 0 aliphatic carbocycles. The third kappa shape index (κ3) is 2.33. The molecule has 1 atom stereocenters. The predicted molar refractivity (Wildman–Crippen MR) is 59.8 cm³/mol. The zero-order valence-electron chi connectivity index (χ0n) is 8.58. The molecule has 90 valence electrons. The highest BCUT2D eigenvalue weighted by atomic mass is 32.1. The monoisotopic (exact) mass is 258 g/mol. The molecule has 1 heterocycles. The highest BCUT2D eigenvalue weighted by molar-refractivity contribution is 7.08. The average Bonchev–Trinajstić information content (AvgIpc) is 2.80. The second kappa shape index (κ2) is 4.87. The zero-order valence-corrected chi connectivity index (χ0v) is 9.40. The van der Waals surface area contributed by atoms with Crippen LogP contribution in [0.2, 0.25) is 0 Å². The van der Waals surface area contributed by atoms with Crippen LogP contribution in [0.1, 0.15) is 17.2 Å². The van der Waals surface area contributed by atoms with E-state index < -0.39 is 23.5 Å². The van der Waals surface area contributed by atoms with Gasteiger partial charge in [-0.2, -0.15) is 11.3 Å². The van der Waals surface area contributed by atoms with E-state index in [1.165, 1.54) is 11.3 Å². The van der Waals surface area contributed by atoms with Gasteiger partial charge in [-0.05, 0) is 40.1 Å². The van der Waals surface area contributed by atoms with Gasteiger partial charge in [0.15, 0.2) is 17.5 Å². The smallest absolute Gasteiger partial charge is 0.194 e. The van der Waals surface area contributed by atoms with Gasteiger partial charge in [0.1, 0.15) is 0 Å². The van der Waals surface area contributed by atoms with E-state index >= 15 is 0 Å². The van der Waals surface area contributed by atoms with E-state index in [9.17, 15) is 13.2 Å². The number of thiophene rings is 1. The SMILES string of the molecule is NNC(c1ccsc1)c1cc(F)c(F)c(F)c1. The lowest BCUT2D eigenvalue weighted by Gasteiger charge is -2.15. The van der Waals surface area contributed by atoms with E-state index in [-0.39, 0.29) is 5.56 Å². The first-order chi connectivity index (χ1) is 8.13. The maximum Gasteiger partial charge on any atom is 0.194 e. The fourth-order valence-corrected chi connectivity index (χ4v) is 2.25. The number of hydrogen-bond donors (Lipinski definition) is 2. The lowest BCUT2D eigenvalue weighted by Crippen LogP contribution is -2.28. The Hall–Kier alpha value is -1.37. The fourth-order valence-electron chi connectivity index (χ4n) is 1.57. The second-order valence-corrected chi connectivity index (χ2v) is 4.23. The van der Waals surface area contributed by atoms with Crippen molar-refractivity contribution in [2.75, 3.05) is 0 Å².